The average Bonchev–Trinajstić information content (AvgIpc) is 2.18. The predicted molar refractivity (Wildman–Crippen MR) is 53.2 cm³/mol. The van der Waals surface area contributed by atoms with Gasteiger partial charge in [-0.25, -0.2) is 4.79 Å². The number of rotatable bonds is 1. The quantitative estimate of drug-likeness (QED) is 0.693. The fraction of sp³-hybridized carbons (Fsp3) is 0. The largest absolute Gasteiger partial charge is 0.511 e. The second-order valence-electron chi connectivity index (χ2n) is 2.92. The van der Waals surface area contributed by atoms with Gasteiger partial charge in [-0.2, -0.15) is 0 Å². The molecular weight excluding hydrogens is 198 g/mol. The molecular formula is C10H7NO4. The molecule has 1 heterocycles. The van der Waals surface area contributed by atoms with Gasteiger partial charge in [-0.05, 0) is 12.1 Å². The number of benzene rings is 1. The molecule has 5 nitrogen and oxygen atoms in total. The number of aromatic nitrogens is 1. The molecule has 0 unspecified atom stereocenters. The SMILES string of the molecule is O=C(O)Oc1cc2ccccc2[nH]c1=O. The van der Waals surface area contributed by atoms with Crippen LogP contribution in [0.5, 0.6) is 5.75 Å². The van der Waals surface area contributed by atoms with Crippen LogP contribution in [0, 0.1) is 0 Å². The van der Waals surface area contributed by atoms with E-state index in [4.69, 9.17) is 5.11 Å². The van der Waals surface area contributed by atoms with Crippen molar-refractivity contribution in [3.8, 4) is 5.75 Å². The molecule has 0 aliphatic rings. The van der Waals surface area contributed by atoms with Gasteiger partial charge in [-0.1, -0.05) is 18.2 Å². The zero-order chi connectivity index (χ0) is 10.8. The van der Waals surface area contributed by atoms with E-state index in [-0.39, 0.29) is 5.75 Å². The fourth-order valence-electron chi connectivity index (χ4n) is 1.30. The first kappa shape index (κ1) is 9.26. The van der Waals surface area contributed by atoms with E-state index < -0.39 is 11.7 Å². The topological polar surface area (TPSA) is 79.4 Å². The maximum atomic E-state index is 11.3. The van der Waals surface area contributed by atoms with Crippen LogP contribution >= 0.6 is 0 Å². The lowest BCUT2D eigenvalue weighted by atomic mass is 10.2. The summed E-state index contributed by atoms with van der Waals surface area (Å²) in [5.74, 6) is -0.221. The number of ether oxygens (including phenoxy) is 1. The third kappa shape index (κ3) is 1.80. The van der Waals surface area contributed by atoms with Crippen LogP contribution in [0.4, 0.5) is 4.79 Å². The van der Waals surface area contributed by atoms with E-state index in [1.165, 1.54) is 6.07 Å². The Morgan fingerprint density at radius 3 is 2.80 bits per heavy atom. The van der Waals surface area contributed by atoms with Crippen molar-refractivity contribution in [3.05, 3.63) is 40.7 Å². The molecule has 0 aliphatic heterocycles. The van der Waals surface area contributed by atoms with Crippen molar-refractivity contribution in [2.24, 2.45) is 0 Å². The van der Waals surface area contributed by atoms with Crippen LogP contribution in [-0.4, -0.2) is 16.2 Å². The highest BCUT2D eigenvalue weighted by molar-refractivity contribution is 5.80. The molecule has 0 saturated carbocycles. The number of hydrogen-bond donors (Lipinski definition) is 2. The number of carboxylic acid groups (broad SMARTS) is 1. The number of para-hydroxylation sites is 1. The molecule has 0 spiro atoms. The van der Waals surface area contributed by atoms with Crippen LogP contribution in [0.25, 0.3) is 10.9 Å². The Labute approximate surface area is 83.9 Å². The number of hydrogen-bond acceptors (Lipinski definition) is 3. The highest BCUT2D eigenvalue weighted by Crippen LogP contribution is 2.13. The summed E-state index contributed by atoms with van der Waals surface area (Å²) in [6.07, 6.45) is -1.50. The molecule has 0 amide bonds. The Morgan fingerprint density at radius 2 is 2.07 bits per heavy atom. The predicted octanol–water partition coefficient (Wildman–Crippen LogP) is 1.58. The minimum Gasteiger partial charge on any atom is -0.449 e. The number of pyridine rings is 1. The summed E-state index contributed by atoms with van der Waals surface area (Å²) < 4.78 is 4.33. The molecule has 0 radical (unpaired) electrons. The third-order valence-electron chi connectivity index (χ3n) is 1.92. The van der Waals surface area contributed by atoms with Gasteiger partial charge in [0.2, 0.25) is 0 Å². The number of fused-ring (bicyclic) bond motifs is 1. The van der Waals surface area contributed by atoms with Gasteiger partial charge < -0.3 is 14.8 Å². The van der Waals surface area contributed by atoms with E-state index in [0.717, 1.165) is 0 Å². The van der Waals surface area contributed by atoms with E-state index in [1.54, 1.807) is 24.3 Å². The number of carbonyl (C=O) groups is 1. The van der Waals surface area contributed by atoms with Gasteiger partial charge in [0.05, 0.1) is 0 Å². The first-order chi connectivity index (χ1) is 7.16. The molecule has 2 rings (SSSR count). The zero-order valence-corrected chi connectivity index (χ0v) is 7.56. The van der Waals surface area contributed by atoms with Crippen molar-refractivity contribution in [2.45, 2.75) is 0 Å². The van der Waals surface area contributed by atoms with E-state index >= 15 is 0 Å². The number of aromatic amines is 1. The highest BCUT2D eigenvalue weighted by Gasteiger charge is 2.07. The first-order valence-electron chi connectivity index (χ1n) is 4.19. The van der Waals surface area contributed by atoms with E-state index in [0.29, 0.717) is 10.9 Å². The van der Waals surface area contributed by atoms with Gasteiger partial charge in [-0.3, -0.25) is 4.79 Å². The summed E-state index contributed by atoms with van der Waals surface area (Å²) in [4.78, 5) is 24.1. The van der Waals surface area contributed by atoms with Gasteiger partial charge in [0, 0.05) is 10.9 Å². The standard InChI is InChI=1S/C10H7NO4/c12-9-8(15-10(13)14)5-6-3-1-2-4-7(6)11-9/h1-5H,(H,11,12)(H,13,14). The smallest absolute Gasteiger partial charge is 0.449 e. The number of H-pyrrole nitrogens is 1. The molecule has 2 aromatic rings. The normalized spacial score (nSPS) is 10.1. The monoisotopic (exact) mass is 205 g/mol. The van der Waals surface area contributed by atoms with Crippen molar-refractivity contribution < 1.29 is 14.6 Å². The summed E-state index contributed by atoms with van der Waals surface area (Å²) in [6, 6.07) is 8.42. The van der Waals surface area contributed by atoms with Crippen LogP contribution in [0.2, 0.25) is 0 Å². The fourth-order valence-corrected chi connectivity index (χ4v) is 1.30. The molecule has 76 valence electrons. The van der Waals surface area contributed by atoms with Crippen LogP contribution < -0.4 is 10.3 Å². The molecule has 1 aromatic carbocycles. The second kappa shape index (κ2) is 3.45. The summed E-state index contributed by atoms with van der Waals surface area (Å²) in [5.41, 5.74) is 0.0799. The van der Waals surface area contributed by atoms with Gasteiger partial charge in [0.25, 0.3) is 5.56 Å². The molecule has 0 saturated heterocycles. The Morgan fingerprint density at radius 1 is 1.33 bits per heavy atom. The van der Waals surface area contributed by atoms with Gasteiger partial charge in [-0.15, -0.1) is 0 Å². The Hall–Kier alpha value is -2.30. The zero-order valence-electron chi connectivity index (χ0n) is 7.56. The van der Waals surface area contributed by atoms with Crippen LogP contribution in [0.1, 0.15) is 0 Å². The molecule has 15 heavy (non-hydrogen) atoms. The average molecular weight is 205 g/mol. The van der Waals surface area contributed by atoms with Crippen molar-refractivity contribution >= 4 is 17.1 Å². The third-order valence-corrected chi connectivity index (χ3v) is 1.92. The second-order valence-corrected chi connectivity index (χ2v) is 2.92. The minimum atomic E-state index is -1.50. The van der Waals surface area contributed by atoms with Crippen molar-refractivity contribution in [1.29, 1.82) is 0 Å². The lowest BCUT2D eigenvalue weighted by Gasteiger charge is -2.00. The summed E-state index contributed by atoms with van der Waals surface area (Å²) in [6.45, 7) is 0. The first-order valence-corrected chi connectivity index (χ1v) is 4.19. The maximum absolute atomic E-state index is 11.3. The molecule has 5 heteroatoms. The van der Waals surface area contributed by atoms with E-state index in [2.05, 4.69) is 9.72 Å². The Balaban J connectivity index is 2.62. The van der Waals surface area contributed by atoms with Gasteiger partial charge in [0.1, 0.15) is 0 Å². The van der Waals surface area contributed by atoms with E-state index in [9.17, 15) is 9.59 Å². The van der Waals surface area contributed by atoms with Crippen LogP contribution in [0.15, 0.2) is 35.1 Å². The molecule has 0 bridgehead atoms. The van der Waals surface area contributed by atoms with Gasteiger partial charge >= 0.3 is 6.16 Å². The van der Waals surface area contributed by atoms with Crippen LogP contribution in [0.3, 0.4) is 0 Å². The summed E-state index contributed by atoms with van der Waals surface area (Å²) in [5, 5.41) is 9.10. The summed E-state index contributed by atoms with van der Waals surface area (Å²) in [7, 11) is 0. The highest BCUT2D eigenvalue weighted by atomic mass is 16.7. The lowest BCUT2D eigenvalue weighted by molar-refractivity contribution is 0.144. The van der Waals surface area contributed by atoms with E-state index in [1.807, 2.05) is 0 Å². The van der Waals surface area contributed by atoms with Crippen molar-refractivity contribution in [3.63, 3.8) is 0 Å². The summed E-state index contributed by atoms with van der Waals surface area (Å²) >= 11 is 0. The molecule has 2 N–H and O–H groups in total. The number of nitrogens with one attached hydrogen (secondary N) is 1. The molecule has 0 fully saturated rings. The maximum Gasteiger partial charge on any atom is 0.511 e. The Kier molecular flexibility index (Phi) is 2.13. The molecule has 0 atom stereocenters. The minimum absolute atomic E-state index is 0.221. The van der Waals surface area contributed by atoms with Crippen LogP contribution in [-0.2, 0) is 0 Å². The lowest BCUT2D eigenvalue weighted by Crippen LogP contribution is -2.14. The van der Waals surface area contributed by atoms with Crippen molar-refractivity contribution in [1.82, 2.24) is 4.98 Å². The molecule has 0 aliphatic carbocycles. The van der Waals surface area contributed by atoms with Gasteiger partial charge in [0.15, 0.2) is 5.75 Å². The Bertz CT molecular complexity index is 573. The molecule has 1 aromatic heterocycles. The van der Waals surface area contributed by atoms with Crippen molar-refractivity contribution in [2.75, 3.05) is 0 Å².